The van der Waals surface area contributed by atoms with E-state index in [9.17, 15) is 0 Å². The Bertz CT molecular complexity index is 1070. The van der Waals surface area contributed by atoms with E-state index in [4.69, 9.17) is 0 Å². The van der Waals surface area contributed by atoms with Gasteiger partial charge < -0.3 is 4.98 Å². The highest BCUT2D eigenvalue weighted by Gasteiger charge is 2.20. The number of fused-ring (bicyclic) bond motifs is 6. The van der Waals surface area contributed by atoms with Crippen LogP contribution in [0.1, 0.15) is 22.3 Å². The quantitative estimate of drug-likeness (QED) is 0.386. The topological polar surface area (TPSA) is 15.8 Å². The normalized spacial score (nSPS) is 12.8. The third kappa shape index (κ3) is 1.54. The number of aryl methyl sites for hydroxylation is 2. The maximum atomic E-state index is 3.57. The Morgan fingerprint density at radius 2 is 1.41 bits per heavy atom. The Morgan fingerprint density at radius 3 is 2.32 bits per heavy atom. The molecule has 1 heterocycles. The average Bonchev–Trinajstić information content (AvgIpc) is 3.02. The van der Waals surface area contributed by atoms with Gasteiger partial charge in [-0.3, -0.25) is 0 Å². The molecule has 0 radical (unpaired) electrons. The Labute approximate surface area is 129 Å². The monoisotopic (exact) mass is 283 g/mol. The van der Waals surface area contributed by atoms with Gasteiger partial charge >= 0.3 is 0 Å². The largest absolute Gasteiger partial charge is 0.355 e. The van der Waals surface area contributed by atoms with Crippen molar-refractivity contribution in [1.29, 1.82) is 0 Å². The lowest BCUT2D eigenvalue weighted by molar-refractivity contribution is 1.26. The van der Waals surface area contributed by atoms with Gasteiger partial charge in [-0.25, -0.2) is 0 Å². The molecule has 4 aromatic rings. The standard InChI is InChI=1S/C21H17N/c1-12-3-5-14-9-15-10-21-19(11-17(15)16(14)7-12)18-8-13(2)4-6-20(18)22-21/h3-8,10-11,22H,9H2,1-2H3. The van der Waals surface area contributed by atoms with Crippen molar-refractivity contribution in [3.8, 4) is 11.1 Å². The second-order valence-corrected chi connectivity index (χ2v) is 6.57. The molecule has 5 rings (SSSR count). The first-order valence-corrected chi connectivity index (χ1v) is 7.84. The molecule has 1 aromatic heterocycles. The molecule has 0 spiro atoms. The third-order valence-electron chi connectivity index (χ3n) is 4.91. The van der Waals surface area contributed by atoms with Crippen molar-refractivity contribution >= 4 is 21.8 Å². The molecule has 0 saturated heterocycles. The number of aromatic nitrogens is 1. The van der Waals surface area contributed by atoms with Crippen molar-refractivity contribution in [3.63, 3.8) is 0 Å². The van der Waals surface area contributed by atoms with Gasteiger partial charge in [-0.2, -0.15) is 0 Å². The van der Waals surface area contributed by atoms with Crippen molar-refractivity contribution in [2.45, 2.75) is 20.3 Å². The summed E-state index contributed by atoms with van der Waals surface area (Å²) in [6, 6.07) is 18.2. The highest BCUT2D eigenvalue weighted by atomic mass is 14.7. The van der Waals surface area contributed by atoms with Gasteiger partial charge in [-0.15, -0.1) is 0 Å². The van der Waals surface area contributed by atoms with Gasteiger partial charge in [0.2, 0.25) is 0 Å². The number of H-pyrrole nitrogens is 1. The minimum absolute atomic E-state index is 1.05. The number of nitrogens with one attached hydrogen (secondary N) is 1. The zero-order valence-corrected chi connectivity index (χ0v) is 12.8. The summed E-state index contributed by atoms with van der Waals surface area (Å²) in [6.45, 7) is 4.33. The molecule has 0 saturated carbocycles. The van der Waals surface area contributed by atoms with Crippen LogP contribution in [0.3, 0.4) is 0 Å². The van der Waals surface area contributed by atoms with E-state index in [0.29, 0.717) is 0 Å². The highest BCUT2D eigenvalue weighted by Crippen LogP contribution is 2.40. The molecule has 0 aliphatic heterocycles. The van der Waals surface area contributed by atoms with Crippen molar-refractivity contribution in [2.24, 2.45) is 0 Å². The minimum atomic E-state index is 1.05. The van der Waals surface area contributed by atoms with Crippen molar-refractivity contribution in [2.75, 3.05) is 0 Å². The second-order valence-electron chi connectivity index (χ2n) is 6.57. The van der Waals surface area contributed by atoms with Crippen molar-refractivity contribution in [3.05, 3.63) is 70.8 Å². The number of hydrogen-bond acceptors (Lipinski definition) is 0. The fraction of sp³-hybridized carbons (Fsp3) is 0.143. The van der Waals surface area contributed by atoms with Crippen LogP contribution in [0, 0.1) is 13.8 Å². The first-order valence-electron chi connectivity index (χ1n) is 7.84. The third-order valence-corrected chi connectivity index (χ3v) is 4.91. The molecule has 3 aromatic carbocycles. The SMILES string of the molecule is Cc1ccc2c(c1)-c1cc3c(cc1C2)[nH]c1ccc(C)cc13. The zero-order valence-electron chi connectivity index (χ0n) is 12.8. The van der Waals surface area contributed by atoms with Gasteiger partial charge in [0.1, 0.15) is 0 Å². The van der Waals surface area contributed by atoms with Crippen LogP contribution in [0.25, 0.3) is 32.9 Å². The summed E-state index contributed by atoms with van der Waals surface area (Å²) in [5, 5.41) is 2.67. The number of rotatable bonds is 0. The molecule has 22 heavy (non-hydrogen) atoms. The molecule has 1 nitrogen and oxygen atoms in total. The van der Waals surface area contributed by atoms with Gasteiger partial charge in [0.15, 0.2) is 0 Å². The lowest BCUT2D eigenvalue weighted by atomic mass is 10.0. The van der Waals surface area contributed by atoms with Gasteiger partial charge in [0, 0.05) is 21.8 Å². The lowest BCUT2D eigenvalue weighted by Crippen LogP contribution is -1.80. The van der Waals surface area contributed by atoms with E-state index in [1.807, 2.05) is 0 Å². The fourth-order valence-corrected chi connectivity index (χ4v) is 3.80. The van der Waals surface area contributed by atoms with E-state index in [1.54, 1.807) is 0 Å². The molecule has 0 amide bonds. The first-order chi connectivity index (χ1) is 10.7. The summed E-state index contributed by atoms with van der Waals surface area (Å²) in [4.78, 5) is 3.57. The molecule has 0 fully saturated rings. The van der Waals surface area contributed by atoms with E-state index in [0.717, 1.165) is 6.42 Å². The molecule has 0 bridgehead atoms. The predicted molar refractivity (Wildman–Crippen MR) is 93.5 cm³/mol. The summed E-state index contributed by atoms with van der Waals surface area (Å²) < 4.78 is 0. The van der Waals surface area contributed by atoms with E-state index in [1.165, 1.54) is 55.2 Å². The fourth-order valence-electron chi connectivity index (χ4n) is 3.80. The summed E-state index contributed by atoms with van der Waals surface area (Å²) in [7, 11) is 0. The van der Waals surface area contributed by atoms with Gasteiger partial charge in [-0.1, -0.05) is 35.4 Å². The molecule has 0 atom stereocenters. The van der Waals surface area contributed by atoms with Crippen LogP contribution in [-0.4, -0.2) is 4.98 Å². The van der Waals surface area contributed by atoms with Crippen LogP contribution >= 0.6 is 0 Å². The van der Waals surface area contributed by atoms with Gasteiger partial charge in [-0.05, 0) is 66.8 Å². The maximum Gasteiger partial charge on any atom is 0.0468 e. The van der Waals surface area contributed by atoms with Crippen LogP contribution in [0.15, 0.2) is 48.5 Å². The van der Waals surface area contributed by atoms with Gasteiger partial charge in [0.25, 0.3) is 0 Å². The van der Waals surface area contributed by atoms with E-state index in [2.05, 4.69) is 67.4 Å². The molecule has 1 N–H and O–H groups in total. The van der Waals surface area contributed by atoms with Gasteiger partial charge in [0.05, 0.1) is 0 Å². The number of benzene rings is 3. The molecular formula is C21H17N. The Morgan fingerprint density at radius 1 is 0.682 bits per heavy atom. The van der Waals surface area contributed by atoms with E-state index in [-0.39, 0.29) is 0 Å². The summed E-state index contributed by atoms with van der Waals surface area (Å²) in [5.41, 5.74) is 10.8. The van der Waals surface area contributed by atoms with E-state index < -0.39 is 0 Å². The maximum absolute atomic E-state index is 3.57. The smallest absolute Gasteiger partial charge is 0.0468 e. The molecular weight excluding hydrogens is 266 g/mol. The molecule has 0 unspecified atom stereocenters. The van der Waals surface area contributed by atoms with Crippen LogP contribution < -0.4 is 0 Å². The predicted octanol–water partition coefficient (Wildman–Crippen LogP) is 5.51. The zero-order chi connectivity index (χ0) is 14.8. The van der Waals surface area contributed by atoms with Crippen LogP contribution in [0.5, 0.6) is 0 Å². The number of aromatic amines is 1. The molecule has 1 heteroatoms. The molecule has 106 valence electrons. The van der Waals surface area contributed by atoms with E-state index >= 15 is 0 Å². The lowest BCUT2D eigenvalue weighted by Gasteiger charge is -2.03. The highest BCUT2D eigenvalue weighted by molar-refractivity contribution is 6.09. The number of hydrogen-bond donors (Lipinski definition) is 1. The minimum Gasteiger partial charge on any atom is -0.355 e. The first kappa shape index (κ1) is 12.0. The van der Waals surface area contributed by atoms with Crippen molar-refractivity contribution in [1.82, 2.24) is 4.98 Å². The average molecular weight is 283 g/mol. The van der Waals surface area contributed by atoms with Crippen LogP contribution in [0.4, 0.5) is 0 Å². The summed E-state index contributed by atoms with van der Waals surface area (Å²) in [5.74, 6) is 0. The Balaban J connectivity index is 1.88. The van der Waals surface area contributed by atoms with Crippen molar-refractivity contribution < 1.29 is 0 Å². The van der Waals surface area contributed by atoms with Crippen LogP contribution in [0.2, 0.25) is 0 Å². The second kappa shape index (κ2) is 4.01. The summed E-state index contributed by atoms with van der Waals surface area (Å²) in [6.07, 6.45) is 1.05. The van der Waals surface area contributed by atoms with Crippen LogP contribution in [-0.2, 0) is 6.42 Å². The molecule has 1 aliphatic carbocycles. The molecule has 1 aliphatic rings. The summed E-state index contributed by atoms with van der Waals surface area (Å²) >= 11 is 0. The Kier molecular flexibility index (Phi) is 2.20. The Hall–Kier alpha value is -2.54.